The third kappa shape index (κ3) is 2.97. The number of hydrogen-bond donors (Lipinski definition) is 1. The van der Waals surface area contributed by atoms with Gasteiger partial charge in [-0.15, -0.1) is 0 Å². The lowest BCUT2D eigenvalue weighted by molar-refractivity contribution is -0.134. The van der Waals surface area contributed by atoms with Crippen molar-refractivity contribution in [3.05, 3.63) is 0 Å². The molecule has 1 saturated heterocycles. The standard InChI is InChI=1S/C12H20N2O2/c1-9-3-2-6-14(8-9)11(15)7-13-12(16)10-4-5-10/h9-10H,2-8H2,1H3,(H,13,16). The van der Waals surface area contributed by atoms with Crippen LogP contribution in [0.15, 0.2) is 0 Å². The van der Waals surface area contributed by atoms with E-state index in [1.807, 2.05) is 4.90 Å². The number of nitrogens with zero attached hydrogens (tertiary/aromatic N) is 1. The molecule has 0 aromatic rings. The van der Waals surface area contributed by atoms with Crippen molar-refractivity contribution in [2.45, 2.75) is 32.6 Å². The quantitative estimate of drug-likeness (QED) is 0.770. The fraction of sp³-hybridized carbons (Fsp3) is 0.833. The van der Waals surface area contributed by atoms with Gasteiger partial charge in [-0.2, -0.15) is 0 Å². The predicted molar refractivity (Wildman–Crippen MR) is 60.7 cm³/mol. The maximum absolute atomic E-state index is 11.8. The van der Waals surface area contributed by atoms with Gasteiger partial charge in [0.1, 0.15) is 0 Å². The van der Waals surface area contributed by atoms with Gasteiger partial charge in [0, 0.05) is 19.0 Å². The van der Waals surface area contributed by atoms with Crippen molar-refractivity contribution in [1.29, 1.82) is 0 Å². The molecule has 1 heterocycles. The van der Waals surface area contributed by atoms with Gasteiger partial charge in [-0.3, -0.25) is 9.59 Å². The molecule has 2 amide bonds. The van der Waals surface area contributed by atoms with Crippen molar-refractivity contribution >= 4 is 11.8 Å². The van der Waals surface area contributed by atoms with Crippen molar-refractivity contribution < 1.29 is 9.59 Å². The monoisotopic (exact) mass is 224 g/mol. The summed E-state index contributed by atoms with van der Waals surface area (Å²) in [5.41, 5.74) is 0. The van der Waals surface area contributed by atoms with E-state index < -0.39 is 0 Å². The number of carbonyl (C=O) groups excluding carboxylic acids is 2. The SMILES string of the molecule is CC1CCCN(C(=O)CNC(=O)C2CC2)C1. The summed E-state index contributed by atoms with van der Waals surface area (Å²) < 4.78 is 0. The first-order valence-electron chi connectivity index (χ1n) is 6.22. The Bertz CT molecular complexity index is 287. The molecule has 90 valence electrons. The number of likely N-dealkylation sites (tertiary alicyclic amines) is 1. The Morgan fingerprint density at radius 2 is 2.06 bits per heavy atom. The van der Waals surface area contributed by atoms with Crippen LogP contribution in [0.25, 0.3) is 0 Å². The van der Waals surface area contributed by atoms with E-state index in [2.05, 4.69) is 12.2 Å². The summed E-state index contributed by atoms with van der Waals surface area (Å²) in [5.74, 6) is 0.906. The lowest BCUT2D eigenvalue weighted by Gasteiger charge is -2.31. The van der Waals surface area contributed by atoms with Gasteiger partial charge in [-0.25, -0.2) is 0 Å². The minimum atomic E-state index is 0.0541. The maximum atomic E-state index is 11.8. The van der Waals surface area contributed by atoms with Crippen molar-refractivity contribution in [2.75, 3.05) is 19.6 Å². The number of hydrogen-bond acceptors (Lipinski definition) is 2. The van der Waals surface area contributed by atoms with E-state index in [0.717, 1.165) is 32.4 Å². The smallest absolute Gasteiger partial charge is 0.241 e. The molecule has 1 unspecified atom stereocenters. The molecule has 2 rings (SSSR count). The van der Waals surface area contributed by atoms with Gasteiger partial charge < -0.3 is 10.2 Å². The number of nitrogens with one attached hydrogen (secondary N) is 1. The molecule has 0 spiro atoms. The molecule has 1 aliphatic carbocycles. The fourth-order valence-corrected chi connectivity index (χ4v) is 2.18. The molecular weight excluding hydrogens is 204 g/mol. The average molecular weight is 224 g/mol. The Morgan fingerprint density at radius 1 is 1.31 bits per heavy atom. The van der Waals surface area contributed by atoms with Gasteiger partial charge in [-0.05, 0) is 31.6 Å². The summed E-state index contributed by atoms with van der Waals surface area (Å²) in [5, 5.41) is 2.73. The summed E-state index contributed by atoms with van der Waals surface area (Å²) in [6, 6.07) is 0. The minimum absolute atomic E-state index is 0.0541. The van der Waals surface area contributed by atoms with Crippen LogP contribution in [-0.4, -0.2) is 36.3 Å². The molecule has 1 saturated carbocycles. The molecule has 1 atom stereocenters. The number of carbonyl (C=O) groups is 2. The lowest BCUT2D eigenvalue weighted by Crippen LogP contribution is -2.44. The molecule has 1 aliphatic heterocycles. The molecule has 2 aliphatic rings. The zero-order valence-corrected chi connectivity index (χ0v) is 9.87. The van der Waals surface area contributed by atoms with E-state index in [4.69, 9.17) is 0 Å². The van der Waals surface area contributed by atoms with Crippen molar-refractivity contribution in [3.63, 3.8) is 0 Å². The lowest BCUT2D eigenvalue weighted by atomic mass is 10.0. The minimum Gasteiger partial charge on any atom is -0.347 e. The van der Waals surface area contributed by atoms with E-state index in [-0.39, 0.29) is 24.3 Å². The zero-order chi connectivity index (χ0) is 11.5. The normalized spacial score (nSPS) is 25.3. The van der Waals surface area contributed by atoms with E-state index in [1.54, 1.807) is 0 Å². The molecule has 0 aromatic carbocycles. The first kappa shape index (κ1) is 11.4. The van der Waals surface area contributed by atoms with E-state index in [9.17, 15) is 9.59 Å². The highest BCUT2D eigenvalue weighted by molar-refractivity contribution is 5.86. The van der Waals surface area contributed by atoms with E-state index in [1.165, 1.54) is 6.42 Å². The summed E-state index contributed by atoms with van der Waals surface area (Å²) >= 11 is 0. The van der Waals surface area contributed by atoms with Gasteiger partial charge in [0.25, 0.3) is 0 Å². The molecule has 1 N–H and O–H groups in total. The number of amides is 2. The molecular formula is C12H20N2O2. The second-order valence-corrected chi connectivity index (χ2v) is 5.08. The van der Waals surface area contributed by atoms with Crippen LogP contribution in [0.4, 0.5) is 0 Å². The first-order valence-corrected chi connectivity index (χ1v) is 6.22. The Hall–Kier alpha value is -1.06. The van der Waals surface area contributed by atoms with Crippen LogP contribution in [0.5, 0.6) is 0 Å². The van der Waals surface area contributed by atoms with Crippen LogP contribution in [0.2, 0.25) is 0 Å². The Labute approximate surface area is 96.4 Å². The van der Waals surface area contributed by atoms with E-state index >= 15 is 0 Å². The van der Waals surface area contributed by atoms with Gasteiger partial charge in [0.2, 0.25) is 11.8 Å². The van der Waals surface area contributed by atoms with Crippen LogP contribution in [-0.2, 0) is 9.59 Å². The van der Waals surface area contributed by atoms with Crippen LogP contribution < -0.4 is 5.32 Å². The summed E-state index contributed by atoms with van der Waals surface area (Å²) in [6.45, 7) is 4.05. The van der Waals surface area contributed by atoms with Gasteiger partial charge >= 0.3 is 0 Å². The zero-order valence-electron chi connectivity index (χ0n) is 9.87. The summed E-state index contributed by atoms with van der Waals surface area (Å²) in [4.78, 5) is 25.1. The molecule has 4 nitrogen and oxygen atoms in total. The largest absolute Gasteiger partial charge is 0.347 e. The highest BCUT2D eigenvalue weighted by Gasteiger charge is 2.30. The fourth-order valence-electron chi connectivity index (χ4n) is 2.18. The second kappa shape index (κ2) is 4.85. The highest BCUT2D eigenvalue weighted by atomic mass is 16.2. The maximum Gasteiger partial charge on any atom is 0.241 e. The highest BCUT2D eigenvalue weighted by Crippen LogP contribution is 2.28. The topological polar surface area (TPSA) is 49.4 Å². The predicted octanol–water partition coefficient (Wildman–Crippen LogP) is 0.771. The number of piperidine rings is 1. The van der Waals surface area contributed by atoms with Gasteiger partial charge in [0.05, 0.1) is 6.54 Å². The summed E-state index contributed by atoms with van der Waals surface area (Å²) in [6.07, 6.45) is 4.27. The van der Waals surface area contributed by atoms with Crippen LogP contribution >= 0.6 is 0 Å². The van der Waals surface area contributed by atoms with E-state index in [0.29, 0.717) is 5.92 Å². The Morgan fingerprint density at radius 3 is 2.69 bits per heavy atom. The Kier molecular flexibility index (Phi) is 3.46. The van der Waals surface area contributed by atoms with Gasteiger partial charge in [-0.1, -0.05) is 6.92 Å². The van der Waals surface area contributed by atoms with Crippen molar-refractivity contribution in [2.24, 2.45) is 11.8 Å². The van der Waals surface area contributed by atoms with Crippen LogP contribution in [0.3, 0.4) is 0 Å². The average Bonchev–Trinajstić information content (AvgIpc) is 3.09. The molecule has 0 aromatic heterocycles. The number of rotatable bonds is 3. The molecule has 0 bridgehead atoms. The Balaban J connectivity index is 1.71. The van der Waals surface area contributed by atoms with Crippen LogP contribution in [0, 0.1) is 11.8 Å². The van der Waals surface area contributed by atoms with Gasteiger partial charge in [0.15, 0.2) is 0 Å². The molecule has 0 radical (unpaired) electrons. The van der Waals surface area contributed by atoms with Crippen LogP contribution in [0.1, 0.15) is 32.6 Å². The first-order chi connectivity index (χ1) is 7.66. The molecule has 4 heteroatoms. The third-order valence-electron chi connectivity index (χ3n) is 3.37. The second-order valence-electron chi connectivity index (χ2n) is 5.08. The summed E-state index contributed by atoms with van der Waals surface area (Å²) in [7, 11) is 0. The molecule has 16 heavy (non-hydrogen) atoms. The molecule has 2 fully saturated rings. The van der Waals surface area contributed by atoms with Crippen molar-refractivity contribution in [3.8, 4) is 0 Å². The third-order valence-corrected chi connectivity index (χ3v) is 3.37. The van der Waals surface area contributed by atoms with Crippen molar-refractivity contribution in [1.82, 2.24) is 10.2 Å².